The highest BCUT2D eigenvalue weighted by Crippen LogP contribution is 2.34. The van der Waals surface area contributed by atoms with Crippen molar-refractivity contribution in [3.63, 3.8) is 0 Å². The van der Waals surface area contributed by atoms with Crippen LogP contribution in [0.3, 0.4) is 0 Å². The largest absolute Gasteiger partial charge is 0.491 e. The molecule has 8 heteroatoms. The number of hydrogen-bond acceptors (Lipinski definition) is 6. The minimum atomic E-state index is -0.518. The molecule has 0 bridgehead atoms. The predicted octanol–water partition coefficient (Wildman–Crippen LogP) is 4.06. The standard InChI is InChI=1S/C26H35FN2O4S/c1-3-4-6-21(30)17-28(13-5-15-32-2)18-26(31)29-14-11-25-23(12-16-34-25)24(29)19-33-22-9-7-20(27)8-10-22/h3,7-10,12,16,21,24,30H,1,4-6,11,13-15,17-19H2,2H3/t21-,24-/m1/s1. The Morgan fingerprint density at radius 1 is 1.38 bits per heavy atom. The van der Waals surface area contributed by atoms with Gasteiger partial charge in [-0.2, -0.15) is 0 Å². The second kappa shape index (κ2) is 13.6. The van der Waals surface area contributed by atoms with Crippen molar-refractivity contribution in [2.45, 2.75) is 37.8 Å². The molecule has 2 atom stereocenters. The summed E-state index contributed by atoms with van der Waals surface area (Å²) in [7, 11) is 1.66. The van der Waals surface area contributed by atoms with Gasteiger partial charge in [0.2, 0.25) is 5.91 Å². The average Bonchev–Trinajstić information content (AvgIpc) is 3.31. The van der Waals surface area contributed by atoms with Crippen LogP contribution in [0.4, 0.5) is 4.39 Å². The van der Waals surface area contributed by atoms with Gasteiger partial charge >= 0.3 is 0 Å². The number of amides is 1. The average molecular weight is 491 g/mol. The van der Waals surface area contributed by atoms with Gasteiger partial charge in [0.1, 0.15) is 18.2 Å². The lowest BCUT2D eigenvalue weighted by Gasteiger charge is -2.37. The summed E-state index contributed by atoms with van der Waals surface area (Å²) in [4.78, 5) is 18.7. The summed E-state index contributed by atoms with van der Waals surface area (Å²) in [5.74, 6) is 0.270. The fourth-order valence-corrected chi connectivity index (χ4v) is 5.16. The Labute approximate surface area is 205 Å². The lowest BCUT2D eigenvalue weighted by Crippen LogP contribution is -2.48. The third-order valence-electron chi connectivity index (χ3n) is 5.99. The van der Waals surface area contributed by atoms with E-state index in [0.29, 0.717) is 45.0 Å². The van der Waals surface area contributed by atoms with Gasteiger partial charge in [0, 0.05) is 38.2 Å². The van der Waals surface area contributed by atoms with Gasteiger partial charge in [-0.25, -0.2) is 4.39 Å². The van der Waals surface area contributed by atoms with Crippen LogP contribution in [0.5, 0.6) is 5.75 Å². The van der Waals surface area contributed by atoms with Crippen LogP contribution >= 0.6 is 11.3 Å². The zero-order valence-corrected chi connectivity index (χ0v) is 20.6. The molecule has 3 rings (SSSR count). The van der Waals surface area contributed by atoms with E-state index < -0.39 is 6.10 Å². The van der Waals surface area contributed by atoms with E-state index >= 15 is 0 Å². The number of aliphatic hydroxyl groups is 1. The van der Waals surface area contributed by atoms with E-state index in [1.54, 1.807) is 36.7 Å². The zero-order chi connectivity index (χ0) is 24.3. The number of methoxy groups -OCH3 is 1. The molecule has 2 heterocycles. The monoisotopic (exact) mass is 490 g/mol. The molecule has 0 spiro atoms. The molecule has 1 aliphatic heterocycles. The number of carbonyl (C=O) groups is 1. The van der Waals surface area contributed by atoms with E-state index in [0.717, 1.165) is 24.8 Å². The molecule has 1 amide bonds. The molecule has 1 aliphatic rings. The molecule has 1 N–H and O–H groups in total. The Kier molecular flexibility index (Phi) is 10.5. The van der Waals surface area contributed by atoms with Crippen LogP contribution in [0.2, 0.25) is 0 Å². The van der Waals surface area contributed by atoms with Crippen molar-refractivity contribution >= 4 is 17.2 Å². The van der Waals surface area contributed by atoms with E-state index in [-0.39, 0.29) is 24.3 Å². The van der Waals surface area contributed by atoms with Crippen LogP contribution in [-0.4, -0.2) is 73.4 Å². The summed E-state index contributed by atoms with van der Waals surface area (Å²) in [5.41, 5.74) is 1.11. The van der Waals surface area contributed by atoms with Crippen LogP contribution in [-0.2, 0) is 16.0 Å². The van der Waals surface area contributed by atoms with Crippen molar-refractivity contribution in [2.75, 3.05) is 46.5 Å². The first-order valence-corrected chi connectivity index (χ1v) is 12.6. The van der Waals surface area contributed by atoms with Gasteiger partial charge in [-0.05, 0) is 67.0 Å². The maximum absolute atomic E-state index is 13.5. The number of halogens is 1. The number of benzene rings is 1. The fraction of sp³-hybridized carbons (Fsp3) is 0.500. The molecule has 0 saturated heterocycles. The predicted molar refractivity (Wildman–Crippen MR) is 133 cm³/mol. The Bertz CT molecular complexity index is 904. The lowest BCUT2D eigenvalue weighted by molar-refractivity contribution is -0.136. The lowest BCUT2D eigenvalue weighted by atomic mass is 10.0. The van der Waals surface area contributed by atoms with E-state index in [1.807, 2.05) is 9.80 Å². The van der Waals surface area contributed by atoms with Gasteiger partial charge in [-0.1, -0.05) is 6.08 Å². The molecule has 2 aromatic rings. The maximum atomic E-state index is 13.5. The summed E-state index contributed by atoms with van der Waals surface area (Å²) >= 11 is 1.70. The fourth-order valence-electron chi connectivity index (χ4n) is 4.23. The quantitative estimate of drug-likeness (QED) is 0.320. The Morgan fingerprint density at radius 3 is 2.91 bits per heavy atom. The third-order valence-corrected chi connectivity index (χ3v) is 6.99. The summed E-state index contributed by atoms with van der Waals surface area (Å²) < 4.78 is 24.4. The molecule has 6 nitrogen and oxygen atoms in total. The smallest absolute Gasteiger partial charge is 0.237 e. The Balaban J connectivity index is 1.69. The molecule has 0 saturated carbocycles. The number of rotatable bonds is 14. The SMILES string of the molecule is C=CCC[C@@H](O)CN(CCCOC)CC(=O)N1CCc2sccc2[C@H]1COc1ccc(F)cc1. The van der Waals surface area contributed by atoms with Gasteiger partial charge in [0.25, 0.3) is 0 Å². The van der Waals surface area contributed by atoms with E-state index in [9.17, 15) is 14.3 Å². The molecule has 186 valence electrons. The van der Waals surface area contributed by atoms with Crippen molar-refractivity contribution in [3.8, 4) is 5.75 Å². The van der Waals surface area contributed by atoms with E-state index in [2.05, 4.69) is 18.0 Å². The highest BCUT2D eigenvalue weighted by atomic mass is 32.1. The van der Waals surface area contributed by atoms with Gasteiger partial charge < -0.3 is 19.5 Å². The normalized spacial score (nSPS) is 16.4. The molecular formula is C26H35FN2O4S. The van der Waals surface area contributed by atoms with E-state index in [1.165, 1.54) is 17.0 Å². The van der Waals surface area contributed by atoms with Gasteiger partial charge in [-0.15, -0.1) is 17.9 Å². The molecule has 0 unspecified atom stereocenters. The van der Waals surface area contributed by atoms with Crippen LogP contribution in [0, 0.1) is 5.82 Å². The minimum absolute atomic E-state index is 0.0119. The van der Waals surface area contributed by atoms with Crippen LogP contribution < -0.4 is 4.74 Å². The number of allylic oxidation sites excluding steroid dienone is 1. The number of fused-ring (bicyclic) bond motifs is 1. The summed E-state index contributed by atoms with van der Waals surface area (Å²) in [5, 5.41) is 12.5. The van der Waals surface area contributed by atoms with Crippen molar-refractivity contribution in [1.82, 2.24) is 9.80 Å². The van der Waals surface area contributed by atoms with Crippen molar-refractivity contribution in [3.05, 3.63) is 64.6 Å². The first-order valence-electron chi connectivity index (χ1n) is 11.8. The van der Waals surface area contributed by atoms with Crippen molar-refractivity contribution < 1.29 is 23.8 Å². The topological polar surface area (TPSA) is 62.2 Å². The summed E-state index contributed by atoms with van der Waals surface area (Å²) in [6.45, 7) is 6.55. The van der Waals surface area contributed by atoms with Gasteiger partial charge in [0.05, 0.1) is 18.7 Å². The Hall–Kier alpha value is -2.26. The van der Waals surface area contributed by atoms with Crippen LogP contribution in [0.15, 0.2) is 48.4 Å². The number of ether oxygens (including phenoxy) is 2. The highest BCUT2D eigenvalue weighted by molar-refractivity contribution is 7.10. The van der Waals surface area contributed by atoms with E-state index in [4.69, 9.17) is 9.47 Å². The van der Waals surface area contributed by atoms with Gasteiger partial charge in [-0.3, -0.25) is 9.69 Å². The van der Waals surface area contributed by atoms with Crippen molar-refractivity contribution in [2.24, 2.45) is 0 Å². The zero-order valence-electron chi connectivity index (χ0n) is 19.8. The number of aliphatic hydroxyl groups excluding tert-OH is 1. The molecular weight excluding hydrogens is 455 g/mol. The third kappa shape index (κ3) is 7.63. The number of hydrogen-bond donors (Lipinski definition) is 1. The summed E-state index contributed by atoms with van der Waals surface area (Å²) in [6, 6.07) is 7.78. The molecule has 0 radical (unpaired) electrons. The Morgan fingerprint density at radius 2 is 2.18 bits per heavy atom. The number of carbonyl (C=O) groups excluding carboxylic acids is 1. The summed E-state index contributed by atoms with van der Waals surface area (Å²) in [6.07, 6.45) is 4.23. The van der Waals surface area contributed by atoms with Crippen molar-refractivity contribution in [1.29, 1.82) is 0 Å². The molecule has 34 heavy (non-hydrogen) atoms. The second-order valence-corrected chi connectivity index (χ2v) is 9.52. The van der Waals surface area contributed by atoms with Crippen LogP contribution in [0.25, 0.3) is 0 Å². The molecule has 0 fully saturated rings. The van der Waals surface area contributed by atoms with Crippen LogP contribution in [0.1, 0.15) is 35.7 Å². The molecule has 1 aromatic carbocycles. The number of thiophene rings is 1. The minimum Gasteiger partial charge on any atom is -0.491 e. The van der Waals surface area contributed by atoms with Gasteiger partial charge in [0.15, 0.2) is 0 Å². The molecule has 1 aromatic heterocycles. The first kappa shape index (κ1) is 26.3. The second-order valence-electron chi connectivity index (χ2n) is 8.52. The highest BCUT2D eigenvalue weighted by Gasteiger charge is 2.33. The maximum Gasteiger partial charge on any atom is 0.237 e. The number of nitrogens with zero attached hydrogens (tertiary/aromatic N) is 2. The first-order chi connectivity index (χ1) is 16.5. The molecule has 0 aliphatic carbocycles.